The first kappa shape index (κ1) is 29.3. The van der Waals surface area contributed by atoms with E-state index in [4.69, 9.17) is 0 Å². The Hall–Kier alpha value is -1.96. The maximum atomic E-state index is 10.6. The van der Waals surface area contributed by atoms with E-state index < -0.39 is 0 Å². The molecule has 196 valence electrons. The topological polar surface area (TPSA) is 40.5 Å². The first-order chi connectivity index (χ1) is 17.1. The molecule has 0 fully saturated rings. The minimum Gasteiger partial charge on any atom is -0.508 e. The lowest BCUT2D eigenvalue weighted by Gasteiger charge is -2.11. The molecule has 2 N–H and O–H groups in total. The van der Waals surface area contributed by atoms with Gasteiger partial charge in [0.2, 0.25) is 0 Å². The van der Waals surface area contributed by atoms with Gasteiger partial charge in [-0.1, -0.05) is 128 Å². The second-order valence-corrected chi connectivity index (χ2v) is 10.6. The molecule has 0 aliphatic heterocycles. The average Bonchev–Trinajstić information content (AvgIpc) is 2.85. The Labute approximate surface area is 216 Å². The van der Waals surface area contributed by atoms with E-state index in [1.165, 1.54) is 114 Å². The number of hydrogen-bond donors (Lipinski definition) is 2. The van der Waals surface area contributed by atoms with Crippen LogP contribution < -0.4 is 0 Å². The van der Waals surface area contributed by atoms with Gasteiger partial charge in [-0.05, 0) is 60.1 Å². The summed E-state index contributed by atoms with van der Waals surface area (Å²) < 4.78 is 0. The van der Waals surface area contributed by atoms with Crippen LogP contribution in [0.4, 0.5) is 0 Å². The Kier molecular flexibility index (Phi) is 15.3. The smallest absolute Gasteiger partial charge is 0.119 e. The van der Waals surface area contributed by atoms with Gasteiger partial charge >= 0.3 is 0 Å². The second-order valence-electron chi connectivity index (χ2n) is 10.6. The molecule has 0 unspecified atom stereocenters. The summed E-state index contributed by atoms with van der Waals surface area (Å²) in [6, 6.07) is 12.2. The Bertz CT molecular complexity index is 743. The highest BCUT2D eigenvalue weighted by atomic mass is 16.3. The van der Waals surface area contributed by atoms with Crippen molar-refractivity contribution >= 4 is 0 Å². The minimum absolute atomic E-state index is 0.351. The van der Waals surface area contributed by atoms with Gasteiger partial charge in [-0.15, -0.1) is 0 Å². The lowest BCUT2D eigenvalue weighted by Crippen LogP contribution is -1.94. The molecule has 0 aliphatic carbocycles. The molecule has 2 nitrogen and oxygen atoms in total. The van der Waals surface area contributed by atoms with Crippen molar-refractivity contribution < 1.29 is 10.2 Å². The number of aromatic hydroxyl groups is 2. The summed E-state index contributed by atoms with van der Waals surface area (Å²) in [5, 5.41) is 21.1. The van der Waals surface area contributed by atoms with E-state index in [1.54, 1.807) is 0 Å². The number of unbranched alkanes of at least 4 members (excludes halogenated alkanes) is 14. The summed E-state index contributed by atoms with van der Waals surface area (Å²) in [5.74, 6) is 0.703. The van der Waals surface area contributed by atoms with Gasteiger partial charge in [0.1, 0.15) is 11.5 Å². The van der Waals surface area contributed by atoms with Crippen molar-refractivity contribution in [3.63, 3.8) is 0 Å². The molecule has 0 saturated carbocycles. The highest BCUT2D eigenvalue weighted by Crippen LogP contribution is 2.28. The first-order valence-electron chi connectivity index (χ1n) is 14.8. The summed E-state index contributed by atoms with van der Waals surface area (Å²) in [6.45, 7) is 4.52. The van der Waals surface area contributed by atoms with Gasteiger partial charge in [-0.2, -0.15) is 0 Å². The molecule has 0 amide bonds. The Morgan fingerprint density at radius 2 is 0.800 bits per heavy atom. The molecule has 0 saturated heterocycles. The van der Waals surface area contributed by atoms with Crippen molar-refractivity contribution in [2.75, 3.05) is 0 Å². The van der Waals surface area contributed by atoms with Crippen LogP contribution in [-0.4, -0.2) is 10.2 Å². The quantitative estimate of drug-likeness (QED) is 0.185. The molecular formula is C33H52O2. The molecule has 2 aromatic carbocycles. The van der Waals surface area contributed by atoms with Gasteiger partial charge in [-0.25, -0.2) is 0 Å². The van der Waals surface area contributed by atoms with E-state index in [1.807, 2.05) is 24.3 Å². The summed E-state index contributed by atoms with van der Waals surface area (Å²) >= 11 is 0. The van der Waals surface area contributed by atoms with Crippen LogP contribution >= 0.6 is 0 Å². The number of phenols is 2. The fraction of sp³-hybridized carbons (Fsp3) is 0.636. The monoisotopic (exact) mass is 480 g/mol. The van der Waals surface area contributed by atoms with Crippen LogP contribution in [-0.2, 0) is 19.3 Å². The zero-order chi connectivity index (χ0) is 25.1. The lowest BCUT2D eigenvalue weighted by molar-refractivity contribution is 0.462. The van der Waals surface area contributed by atoms with Crippen LogP contribution in [0.15, 0.2) is 36.4 Å². The summed E-state index contributed by atoms with van der Waals surface area (Å²) in [5.41, 5.74) is 4.19. The zero-order valence-corrected chi connectivity index (χ0v) is 22.8. The standard InChI is InChI=1S/C33H52O2/c1-3-5-7-9-11-13-15-17-19-28-21-23-30(32(34)25-28)27-31-24-22-29(26-33(31)35)20-18-16-14-12-10-8-6-4-2/h21-26,34-35H,3-20,27H2,1-2H3. The van der Waals surface area contributed by atoms with Crippen molar-refractivity contribution in [2.45, 2.75) is 136 Å². The van der Waals surface area contributed by atoms with Crippen LogP contribution in [0.25, 0.3) is 0 Å². The van der Waals surface area contributed by atoms with Crippen molar-refractivity contribution in [3.8, 4) is 11.5 Å². The van der Waals surface area contributed by atoms with Crippen LogP contribution in [0.3, 0.4) is 0 Å². The molecule has 0 aliphatic rings. The third-order valence-corrected chi connectivity index (χ3v) is 7.32. The van der Waals surface area contributed by atoms with Crippen molar-refractivity contribution in [2.24, 2.45) is 0 Å². The molecule has 0 spiro atoms. The van der Waals surface area contributed by atoms with E-state index >= 15 is 0 Å². The average molecular weight is 481 g/mol. The van der Waals surface area contributed by atoms with E-state index in [-0.39, 0.29) is 0 Å². The third-order valence-electron chi connectivity index (χ3n) is 7.32. The normalized spacial score (nSPS) is 11.3. The Morgan fingerprint density at radius 3 is 1.14 bits per heavy atom. The fourth-order valence-electron chi connectivity index (χ4n) is 4.96. The van der Waals surface area contributed by atoms with Gasteiger partial charge in [0.05, 0.1) is 0 Å². The van der Waals surface area contributed by atoms with Crippen LogP contribution in [0.1, 0.15) is 139 Å². The van der Waals surface area contributed by atoms with E-state index in [9.17, 15) is 10.2 Å². The van der Waals surface area contributed by atoms with Gasteiger partial charge in [-0.3, -0.25) is 0 Å². The zero-order valence-electron chi connectivity index (χ0n) is 22.8. The highest BCUT2D eigenvalue weighted by molar-refractivity contribution is 5.44. The number of rotatable bonds is 20. The molecule has 2 aromatic rings. The fourth-order valence-corrected chi connectivity index (χ4v) is 4.96. The predicted molar refractivity (Wildman–Crippen MR) is 152 cm³/mol. The number of aryl methyl sites for hydroxylation is 2. The van der Waals surface area contributed by atoms with Gasteiger partial charge in [0.25, 0.3) is 0 Å². The maximum Gasteiger partial charge on any atom is 0.119 e. The predicted octanol–water partition coefficient (Wildman–Crippen LogP) is 10.1. The number of phenolic OH excluding ortho intramolecular Hbond substituents is 2. The third kappa shape index (κ3) is 12.5. The van der Waals surface area contributed by atoms with E-state index in [2.05, 4.69) is 26.0 Å². The van der Waals surface area contributed by atoms with Gasteiger partial charge in [0, 0.05) is 6.42 Å². The molecule has 0 bridgehead atoms. The molecule has 0 atom stereocenters. The van der Waals surface area contributed by atoms with Crippen LogP contribution in [0, 0.1) is 0 Å². The van der Waals surface area contributed by atoms with Gasteiger partial charge in [0.15, 0.2) is 0 Å². The van der Waals surface area contributed by atoms with Crippen LogP contribution in [0.5, 0.6) is 11.5 Å². The SMILES string of the molecule is CCCCCCCCCCc1ccc(Cc2ccc(CCCCCCCCCC)cc2O)c(O)c1. The highest BCUT2D eigenvalue weighted by Gasteiger charge is 2.09. The van der Waals surface area contributed by atoms with Crippen molar-refractivity contribution in [1.29, 1.82) is 0 Å². The molecule has 0 radical (unpaired) electrons. The minimum atomic E-state index is 0.351. The Morgan fingerprint density at radius 1 is 0.457 bits per heavy atom. The van der Waals surface area contributed by atoms with E-state index in [0.29, 0.717) is 17.9 Å². The molecule has 2 heteroatoms. The molecule has 35 heavy (non-hydrogen) atoms. The number of benzene rings is 2. The van der Waals surface area contributed by atoms with Crippen molar-refractivity contribution in [1.82, 2.24) is 0 Å². The summed E-state index contributed by atoms with van der Waals surface area (Å²) in [4.78, 5) is 0. The number of hydrogen-bond acceptors (Lipinski definition) is 2. The maximum absolute atomic E-state index is 10.6. The first-order valence-corrected chi connectivity index (χ1v) is 14.8. The molecule has 0 aromatic heterocycles. The van der Waals surface area contributed by atoms with Crippen molar-refractivity contribution in [3.05, 3.63) is 58.7 Å². The van der Waals surface area contributed by atoms with E-state index in [0.717, 1.165) is 24.0 Å². The summed E-state index contributed by atoms with van der Waals surface area (Å²) in [7, 11) is 0. The Balaban J connectivity index is 1.70. The molecule has 0 heterocycles. The largest absolute Gasteiger partial charge is 0.508 e. The van der Waals surface area contributed by atoms with Gasteiger partial charge < -0.3 is 10.2 Å². The molecule has 2 rings (SSSR count). The lowest BCUT2D eigenvalue weighted by atomic mass is 9.97. The second kappa shape index (κ2) is 18.3. The van der Waals surface area contributed by atoms with Crippen LogP contribution in [0.2, 0.25) is 0 Å². The molecular weight excluding hydrogens is 428 g/mol. The summed E-state index contributed by atoms with van der Waals surface area (Å²) in [6.07, 6.45) is 23.7.